The normalized spacial score (nSPS) is 24.5. The van der Waals surface area contributed by atoms with Crippen LogP contribution in [0.4, 0.5) is 0 Å². The zero-order valence-electron chi connectivity index (χ0n) is 67.9. The average molecular weight is 1610 g/mol. The van der Waals surface area contributed by atoms with Gasteiger partial charge in [-0.05, 0) is 126 Å². The van der Waals surface area contributed by atoms with E-state index >= 15 is 19.2 Å². The van der Waals surface area contributed by atoms with Crippen LogP contribution in [0.3, 0.4) is 0 Å². The van der Waals surface area contributed by atoms with Crippen molar-refractivity contribution in [3.8, 4) is 0 Å². The molecule has 0 aromatic rings. The molecule has 0 radical (unpaired) electrons. The van der Waals surface area contributed by atoms with Crippen LogP contribution in [-0.4, -0.2) is 267 Å². The molecule has 0 aliphatic carbocycles. The number of carboxylic acid groups (broad SMARTS) is 1. The molecule has 2 fully saturated rings. The highest BCUT2D eigenvalue weighted by Crippen LogP contribution is 2.29. The van der Waals surface area contributed by atoms with Gasteiger partial charge in [-0.25, -0.2) is 4.79 Å². The van der Waals surface area contributed by atoms with E-state index < -0.39 is 253 Å². The number of rotatable bonds is 39. The zero-order valence-corrected chi connectivity index (χ0v) is 67.9. The maximum absolute atomic E-state index is 15.6. The molecule has 22 unspecified atom stereocenters. The summed E-state index contributed by atoms with van der Waals surface area (Å²) in [5.41, 5.74) is 28.5. The van der Waals surface area contributed by atoms with Gasteiger partial charge in [0.15, 0.2) is 6.10 Å². The second-order valence-electron chi connectivity index (χ2n) is 31.0. The SMILES string of the molecule is CCC(C)CC(C)C(O)C(C)C(=O)NC(CCCN)C(=O)NC(CCC(N)=O)C(O)C(O)C(=O)NC(C(=O)NC1C(=O)NC(CO)C(=O)NC(CCCN)C(=O)NC(CC(C)C)C(=O)N(C)C(CCC(N)=O)CC(=O)NC(C(C)OC)C(=O)NC(CC(=O)O)C(=O)N2CCCCC2C(=O)OC1C(C)C(C)C)C(C)C(C)C(N)=O. The minimum atomic E-state index is -2.69. The molecule has 39 nitrogen and oxygen atoms in total. The Balaban J connectivity index is 3.12. The van der Waals surface area contributed by atoms with Crippen molar-refractivity contribution in [3.63, 3.8) is 0 Å². The first kappa shape index (κ1) is 100. The molecule has 14 amide bonds. The number of fused-ring (bicyclic) bond motifs is 1. The van der Waals surface area contributed by atoms with E-state index in [4.69, 9.17) is 38.1 Å². The fraction of sp³-hybridized carbons (Fsp3) is 0.784. The Morgan fingerprint density at radius 2 is 1.25 bits per heavy atom. The standard InChI is InChI=1S/C74H130N16O23/c1-15-37(6)31-38(7)59(97)42(11)64(101)81-46(20-18-27-75)65(102)80-45(24-26-53(78)93)60(98)61(99)71(108)87-56(40(9)41(10)63(79)100)68(105)88-58-62(39(8)36(4)5)113-74(111)51-22-16-17-29-90(51)73(110)49(33-55(95)96)84-69(106)57(43(12)112-14)86-54(94)32-44(23-25-52(77)92)89(13)72(109)48(30-35(2)3)83-66(103)47(21-19-28-76)82-67(104)50(34-91)85-70(58)107/h35-51,56-62,91,97-99H,15-34,75-76H2,1-14H3,(H2,77,92)(H2,78,93)(H2,79,100)(H,80,102)(H,81,101)(H,82,104)(H,83,103)(H,84,106)(H,85,107)(H,86,94)(H,87,108)(H,88,105)(H,95,96). The van der Waals surface area contributed by atoms with E-state index in [0.717, 1.165) is 16.2 Å². The number of hydrogen-bond donors (Lipinski definition) is 19. The van der Waals surface area contributed by atoms with Crippen LogP contribution in [0.1, 0.15) is 186 Å². The van der Waals surface area contributed by atoms with Crippen molar-refractivity contribution in [2.45, 2.75) is 283 Å². The molecule has 644 valence electrons. The first-order valence-corrected chi connectivity index (χ1v) is 39.0. The smallest absolute Gasteiger partial charge is 0.329 e. The Morgan fingerprint density at radius 1 is 0.655 bits per heavy atom. The lowest BCUT2D eigenvalue weighted by atomic mass is 9.85. The molecule has 0 spiro atoms. The molecule has 0 aromatic carbocycles. The second kappa shape index (κ2) is 49.1. The quantitative estimate of drug-likeness (QED) is 0.0257. The number of carbonyl (C=O) groups excluding carboxylic acids is 15. The van der Waals surface area contributed by atoms with Gasteiger partial charge in [0.2, 0.25) is 76.8 Å². The van der Waals surface area contributed by atoms with Gasteiger partial charge in [-0.15, -0.1) is 0 Å². The lowest BCUT2D eigenvalue weighted by Gasteiger charge is -2.39. The number of esters is 1. The number of carboxylic acids is 1. The molecule has 39 heteroatoms. The molecule has 2 aliphatic heterocycles. The molecule has 2 saturated heterocycles. The summed E-state index contributed by atoms with van der Waals surface area (Å²) in [6, 6.07) is -19.4. The summed E-state index contributed by atoms with van der Waals surface area (Å²) in [5, 5.41) is 78.4. The van der Waals surface area contributed by atoms with Crippen LogP contribution in [0.15, 0.2) is 0 Å². The van der Waals surface area contributed by atoms with Crippen molar-refractivity contribution in [3.05, 3.63) is 0 Å². The summed E-state index contributed by atoms with van der Waals surface area (Å²) in [6.07, 6.45) is -11.6. The third kappa shape index (κ3) is 31.9. The first-order valence-electron chi connectivity index (χ1n) is 39.0. The molecule has 0 aromatic heterocycles. The number of aliphatic hydroxyl groups excluding tert-OH is 4. The second-order valence-corrected chi connectivity index (χ2v) is 31.0. The van der Waals surface area contributed by atoms with Crippen molar-refractivity contribution in [2.24, 2.45) is 76.0 Å². The van der Waals surface area contributed by atoms with Gasteiger partial charge < -0.3 is 121 Å². The number of cyclic esters (lactones) is 1. The third-order valence-electron chi connectivity index (χ3n) is 21.4. The Hall–Kier alpha value is -8.76. The van der Waals surface area contributed by atoms with Crippen LogP contribution >= 0.6 is 0 Å². The molecule has 2 heterocycles. The minimum absolute atomic E-state index is 0.0304. The van der Waals surface area contributed by atoms with E-state index in [-0.39, 0.29) is 102 Å². The Kier molecular flexibility index (Phi) is 43.6. The fourth-order valence-corrected chi connectivity index (χ4v) is 13.3. The highest BCUT2D eigenvalue weighted by molar-refractivity contribution is 5.99. The summed E-state index contributed by atoms with van der Waals surface area (Å²) in [7, 11) is 2.45. The minimum Gasteiger partial charge on any atom is -0.481 e. The Morgan fingerprint density at radius 3 is 1.80 bits per heavy atom. The summed E-state index contributed by atoms with van der Waals surface area (Å²) < 4.78 is 11.7. The van der Waals surface area contributed by atoms with Crippen molar-refractivity contribution < 1.29 is 112 Å². The van der Waals surface area contributed by atoms with Gasteiger partial charge in [-0.2, -0.15) is 0 Å². The van der Waals surface area contributed by atoms with Crippen LogP contribution in [-0.2, 0) is 86.2 Å². The predicted octanol–water partition coefficient (Wildman–Crippen LogP) is -4.73. The lowest BCUT2D eigenvalue weighted by Crippen LogP contribution is -2.65. The third-order valence-corrected chi connectivity index (χ3v) is 21.4. The molecule has 24 N–H and O–H groups in total. The van der Waals surface area contributed by atoms with Gasteiger partial charge in [0.05, 0.1) is 37.2 Å². The number of nitrogens with zero attached hydrogens (tertiary/aromatic N) is 2. The zero-order chi connectivity index (χ0) is 86.2. The number of ether oxygens (including phenoxy) is 2. The summed E-state index contributed by atoms with van der Waals surface area (Å²) in [4.78, 5) is 229. The van der Waals surface area contributed by atoms with Crippen LogP contribution in [0.25, 0.3) is 0 Å². The number of hydrogen-bond acceptors (Lipinski definition) is 24. The molecule has 0 saturated carbocycles. The van der Waals surface area contributed by atoms with Crippen molar-refractivity contribution >= 4 is 94.6 Å². The van der Waals surface area contributed by atoms with E-state index in [2.05, 4.69) is 47.9 Å². The Bertz CT molecular complexity index is 3220. The van der Waals surface area contributed by atoms with Gasteiger partial charge in [-0.3, -0.25) is 71.9 Å². The number of carbonyl (C=O) groups is 16. The highest BCUT2D eigenvalue weighted by Gasteiger charge is 2.48. The molecular formula is C74H130N16O23. The molecule has 0 bridgehead atoms. The monoisotopic (exact) mass is 1610 g/mol. The van der Waals surface area contributed by atoms with Gasteiger partial charge in [0, 0.05) is 51.9 Å². The molecular weight excluding hydrogens is 1480 g/mol. The van der Waals surface area contributed by atoms with E-state index in [9.17, 15) is 83.1 Å². The lowest BCUT2D eigenvalue weighted by molar-refractivity contribution is -0.168. The summed E-state index contributed by atoms with van der Waals surface area (Å²) in [5.74, 6) is -24.6. The summed E-state index contributed by atoms with van der Waals surface area (Å²) in [6.45, 7) is 17.5. The number of likely N-dealkylation sites (N-methyl/N-ethyl adjacent to an activating group) is 1. The molecule has 113 heavy (non-hydrogen) atoms. The first-order chi connectivity index (χ1) is 52.8. The van der Waals surface area contributed by atoms with E-state index in [1.807, 2.05) is 13.8 Å². The van der Waals surface area contributed by atoms with Crippen LogP contribution < -0.4 is 76.5 Å². The molecule has 2 rings (SSSR count). The largest absolute Gasteiger partial charge is 0.481 e. The maximum Gasteiger partial charge on any atom is 0.329 e. The van der Waals surface area contributed by atoms with Gasteiger partial charge in [-0.1, -0.05) is 82.6 Å². The Labute approximate surface area is 660 Å². The summed E-state index contributed by atoms with van der Waals surface area (Å²) >= 11 is 0. The fourth-order valence-electron chi connectivity index (χ4n) is 13.3. The topological polar surface area (TPSA) is 638 Å². The molecule has 2 aliphatic rings. The number of amides is 14. The number of piperidine rings is 1. The maximum atomic E-state index is 15.6. The van der Waals surface area contributed by atoms with Crippen LogP contribution in [0.2, 0.25) is 0 Å². The van der Waals surface area contributed by atoms with Crippen LogP contribution in [0, 0.1) is 47.3 Å². The average Bonchev–Trinajstić information content (AvgIpc) is 0.809. The van der Waals surface area contributed by atoms with Crippen molar-refractivity contribution in [2.75, 3.05) is 40.4 Å². The number of primary amides is 3. The van der Waals surface area contributed by atoms with Gasteiger partial charge in [0.25, 0.3) is 5.91 Å². The highest BCUT2D eigenvalue weighted by atomic mass is 16.5. The number of methoxy groups -OCH3 is 1. The molecule has 22 atom stereocenters. The van der Waals surface area contributed by atoms with Crippen LogP contribution in [0.5, 0.6) is 0 Å². The number of aliphatic carboxylic acids is 1. The number of nitrogens with two attached hydrogens (primary N) is 5. The van der Waals surface area contributed by atoms with E-state index in [1.54, 1.807) is 34.6 Å². The van der Waals surface area contributed by atoms with Gasteiger partial charge in [0.1, 0.15) is 66.6 Å². The van der Waals surface area contributed by atoms with Gasteiger partial charge >= 0.3 is 11.9 Å². The predicted molar refractivity (Wildman–Crippen MR) is 408 cm³/mol. The number of aliphatic hydroxyl groups is 4. The van der Waals surface area contributed by atoms with E-state index in [1.165, 1.54) is 48.8 Å². The van der Waals surface area contributed by atoms with Crippen molar-refractivity contribution in [1.82, 2.24) is 57.7 Å². The van der Waals surface area contributed by atoms with E-state index in [0.29, 0.717) is 6.42 Å². The number of nitrogens with one attached hydrogen (secondary N) is 9. The van der Waals surface area contributed by atoms with Crippen molar-refractivity contribution in [1.29, 1.82) is 0 Å².